The Kier molecular flexibility index (Phi) is 5.53. The van der Waals surface area contributed by atoms with E-state index >= 15 is 0 Å². The lowest BCUT2D eigenvalue weighted by atomic mass is 10.1. The van der Waals surface area contributed by atoms with Crippen LogP contribution in [0.3, 0.4) is 0 Å². The van der Waals surface area contributed by atoms with Crippen molar-refractivity contribution in [1.29, 1.82) is 0 Å². The second-order valence-electron chi connectivity index (χ2n) is 7.05. The van der Waals surface area contributed by atoms with Crippen molar-refractivity contribution in [2.75, 3.05) is 11.9 Å². The number of anilines is 1. The SMILES string of the molecule is CN1/C(=C/C=C/C=C/C=C/c2ccc3ccccc3[n+]2C)C=Cc2ccccc21. The van der Waals surface area contributed by atoms with Gasteiger partial charge in [0.05, 0.1) is 0 Å². The van der Waals surface area contributed by atoms with E-state index in [1.54, 1.807) is 0 Å². The molecule has 1 aromatic heterocycles. The number of rotatable bonds is 4. The highest BCUT2D eigenvalue weighted by atomic mass is 15.1. The number of fused-ring (bicyclic) bond motifs is 2. The minimum absolute atomic E-state index is 1.17. The zero-order valence-electron chi connectivity index (χ0n) is 16.9. The van der Waals surface area contributed by atoms with Gasteiger partial charge in [0.25, 0.3) is 0 Å². The van der Waals surface area contributed by atoms with E-state index in [1.807, 2.05) is 0 Å². The van der Waals surface area contributed by atoms with E-state index in [0.717, 1.165) is 0 Å². The largest absolute Gasteiger partial charge is 0.344 e. The maximum absolute atomic E-state index is 2.21. The highest BCUT2D eigenvalue weighted by molar-refractivity contribution is 5.77. The summed E-state index contributed by atoms with van der Waals surface area (Å²) in [6.45, 7) is 0. The van der Waals surface area contributed by atoms with Crippen molar-refractivity contribution in [3.8, 4) is 0 Å². The summed E-state index contributed by atoms with van der Waals surface area (Å²) in [7, 11) is 4.20. The van der Waals surface area contributed by atoms with Crippen molar-refractivity contribution < 1.29 is 4.57 Å². The Bertz CT molecular complexity index is 1180. The molecule has 29 heavy (non-hydrogen) atoms. The van der Waals surface area contributed by atoms with Crippen LogP contribution in [0.4, 0.5) is 5.69 Å². The standard InChI is InChI=1S/C27H25N2/c1-28-24(20-18-22-12-8-10-16-26(22)28)14-6-4-3-5-7-15-25-21-19-23-13-9-11-17-27(23)29(25)2/h3-21H,1-2H3/q+1. The second-order valence-corrected chi connectivity index (χ2v) is 7.05. The first-order chi connectivity index (χ1) is 14.2. The minimum atomic E-state index is 1.17. The van der Waals surface area contributed by atoms with Gasteiger partial charge in [-0.2, -0.15) is 4.57 Å². The van der Waals surface area contributed by atoms with E-state index in [2.05, 4.69) is 139 Å². The summed E-state index contributed by atoms with van der Waals surface area (Å²) in [5, 5.41) is 1.25. The minimum Gasteiger partial charge on any atom is -0.344 e. The summed E-state index contributed by atoms with van der Waals surface area (Å²) in [6, 6.07) is 21.2. The Balaban J connectivity index is 1.40. The predicted octanol–water partition coefficient (Wildman–Crippen LogP) is 5.84. The molecule has 1 aliphatic rings. The average molecular weight is 378 g/mol. The number of nitrogens with zero attached hydrogens (tertiary/aromatic N) is 2. The van der Waals surface area contributed by atoms with Crippen LogP contribution >= 0.6 is 0 Å². The van der Waals surface area contributed by atoms with Crippen molar-refractivity contribution in [3.05, 3.63) is 120 Å². The van der Waals surface area contributed by atoms with Gasteiger partial charge < -0.3 is 4.90 Å². The van der Waals surface area contributed by atoms with Crippen molar-refractivity contribution in [1.82, 2.24) is 0 Å². The lowest BCUT2D eigenvalue weighted by Crippen LogP contribution is -2.32. The molecule has 0 saturated carbocycles. The van der Waals surface area contributed by atoms with Crippen LogP contribution in [0.15, 0.2) is 109 Å². The zero-order valence-corrected chi connectivity index (χ0v) is 16.9. The molecule has 0 saturated heterocycles. The molecule has 142 valence electrons. The topological polar surface area (TPSA) is 7.12 Å². The summed E-state index contributed by atoms with van der Waals surface area (Å²) < 4.78 is 2.21. The number of hydrogen-bond acceptors (Lipinski definition) is 1. The first kappa shape index (κ1) is 18.7. The van der Waals surface area contributed by atoms with Crippen LogP contribution in [-0.4, -0.2) is 7.05 Å². The molecular weight excluding hydrogens is 352 g/mol. The quantitative estimate of drug-likeness (QED) is 0.409. The third-order valence-corrected chi connectivity index (χ3v) is 5.22. The van der Waals surface area contributed by atoms with Crippen molar-refractivity contribution >= 4 is 28.7 Å². The molecule has 1 aliphatic heterocycles. The molecule has 2 aromatic carbocycles. The molecule has 0 N–H and O–H groups in total. The average Bonchev–Trinajstić information content (AvgIpc) is 2.76. The summed E-state index contributed by atoms with van der Waals surface area (Å²) in [4.78, 5) is 2.21. The Morgan fingerprint density at radius 2 is 1.52 bits per heavy atom. The number of aromatic nitrogens is 1. The van der Waals surface area contributed by atoms with Crippen LogP contribution in [-0.2, 0) is 7.05 Å². The molecule has 4 rings (SSSR count). The smallest absolute Gasteiger partial charge is 0.212 e. The fraction of sp³-hybridized carbons (Fsp3) is 0.0741. The van der Waals surface area contributed by atoms with Gasteiger partial charge in [0.2, 0.25) is 11.2 Å². The van der Waals surface area contributed by atoms with Crippen LogP contribution < -0.4 is 9.47 Å². The molecule has 0 atom stereocenters. The van der Waals surface area contributed by atoms with Gasteiger partial charge in [-0.05, 0) is 35.9 Å². The summed E-state index contributed by atoms with van der Waals surface area (Å²) >= 11 is 0. The molecule has 0 aliphatic carbocycles. The summed E-state index contributed by atoms with van der Waals surface area (Å²) in [6.07, 6.45) is 18.9. The lowest BCUT2D eigenvalue weighted by Gasteiger charge is -2.25. The molecule has 0 spiro atoms. The van der Waals surface area contributed by atoms with Crippen molar-refractivity contribution in [3.63, 3.8) is 0 Å². The van der Waals surface area contributed by atoms with Gasteiger partial charge in [0, 0.05) is 42.0 Å². The number of pyridine rings is 1. The molecule has 2 heteroatoms. The number of allylic oxidation sites excluding steroid dienone is 7. The van der Waals surface area contributed by atoms with Crippen molar-refractivity contribution in [2.45, 2.75) is 0 Å². The molecule has 3 aromatic rings. The molecule has 0 amide bonds. The van der Waals surface area contributed by atoms with Gasteiger partial charge in [0.1, 0.15) is 7.05 Å². The summed E-state index contributed by atoms with van der Waals surface area (Å²) in [5.74, 6) is 0. The van der Waals surface area contributed by atoms with Gasteiger partial charge in [-0.1, -0.05) is 66.8 Å². The second kappa shape index (κ2) is 8.57. The number of hydrogen-bond donors (Lipinski definition) is 0. The predicted molar refractivity (Wildman–Crippen MR) is 124 cm³/mol. The highest BCUT2D eigenvalue weighted by Crippen LogP contribution is 2.28. The van der Waals surface area contributed by atoms with Crippen LogP contribution in [0.25, 0.3) is 23.1 Å². The zero-order chi connectivity index (χ0) is 20.1. The number of aryl methyl sites for hydroxylation is 1. The van der Waals surface area contributed by atoms with Crippen molar-refractivity contribution in [2.24, 2.45) is 7.05 Å². The Labute approximate surface area is 172 Å². The molecule has 0 unspecified atom stereocenters. The Hall–Kier alpha value is -3.65. The Morgan fingerprint density at radius 3 is 2.45 bits per heavy atom. The molecule has 0 fully saturated rings. The maximum Gasteiger partial charge on any atom is 0.212 e. The fourth-order valence-corrected chi connectivity index (χ4v) is 3.56. The molecule has 0 bridgehead atoms. The highest BCUT2D eigenvalue weighted by Gasteiger charge is 2.11. The van der Waals surface area contributed by atoms with E-state index < -0.39 is 0 Å². The van der Waals surface area contributed by atoms with E-state index in [4.69, 9.17) is 0 Å². The van der Waals surface area contributed by atoms with E-state index in [0.29, 0.717) is 0 Å². The van der Waals surface area contributed by atoms with E-state index in [9.17, 15) is 0 Å². The van der Waals surface area contributed by atoms with E-state index in [-0.39, 0.29) is 0 Å². The number of likely N-dealkylation sites (N-methyl/N-ethyl adjacent to an activating group) is 1. The molecule has 2 nitrogen and oxygen atoms in total. The van der Waals surface area contributed by atoms with Gasteiger partial charge in [-0.25, -0.2) is 0 Å². The number of benzene rings is 2. The summed E-state index contributed by atoms with van der Waals surface area (Å²) in [5.41, 5.74) is 6.06. The molecule has 2 heterocycles. The third-order valence-electron chi connectivity index (χ3n) is 5.22. The van der Waals surface area contributed by atoms with Crippen LogP contribution in [0, 0.1) is 0 Å². The lowest BCUT2D eigenvalue weighted by molar-refractivity contribution is -0.646. The molecule has 0 radical (unpaired) electrons. The van der Waals surface area contributed by atoms with Gasteiger partial charge in [-0.3, -0.25) is 0 Å². The molecular formula is C27H25N2+. The first-order valence-corrected chi connectivity index (χ1v) is 9.84. The van der Waals surface area contributed by atoms with Crippen LogP contribution in [0.2, 0.25) is 0 Å². The van der Waals surface area contributed by atoms with Crippen LogP contribution in [0.1, 0.15) is 11.3 Å². The third kappa shape index (κ3) is 4.12. The van der Waals surface area contributed by atoms with Gasteiger partial charge in [0.15, 0.2) is 0 Å². The fourth-order valence-electron chi connectivity index (χ4n) is 3.56. The van der Waals surface area contributed by atoms with E-state index in [1.165, 1.54) is 33.5 Å². The first-order valence-electron chi connectivity index (χ1n) is 9.84. The Morgan fingerprint density at radius 1 is 0.759 bits per heavy atom. The number of para-hydroxylation sites is 2. The monoisotopic (exact) mass is 377 g/mol. The maximum atomic E-state index is 2.21. The van der Waals surface area contributed by atoms with Gasteiger partial charge >= 0.3 is 0 Å². The van der Waals surface area contributed by atoms with Gasteiger partial charge in [-0.15, -0.1) is 0 Å². The normalized spacial score (nSPS) is 15.4. The van der Waals surface area contributed by atoms with Crippen LogP contribution in [0.5, 0.6) is 0 Å².